The zero-order chi connectivity index (χ0) is 10.5. The van der Waals surface area contributed by atoms with Crippen LogP contribution in [0.1, 0.15) is 5.56 Å². The fourth-order valence-electron chi connectivity index (χ4n) is 1.32. The molecular formula is C10H8N4O. The third kappa shape index (κ3) is 1.98. The van der Waals surface area contributed by atoms with Gasteiger partial charge in [0.25, 0.3) is 0 Å². The van der Waals surface area contributed by atoms with Crippen LogP contribution in [0.3, 0.4) is 0 Å². The fraction of sp³-hybridized carbons (Fsp3) is 0.100. The maximum Gasteiger partial charge on any atom is 0.235 e. The molecule has 1 aromatic carbocycles. The van der Waals surface area contributed by atoms with Gasteiger partial charge in [-0.1, -0.05) is 18.2 Å². The summed E-state index contributed by atoms with van der Waals surface area (Å²) < 4.78 is 1.63. The Morgan fingerprint density at radius 2 is 2.27 bits per heavy atom. The number of hydrogen-bond donors (Lipinski definition) is 0. The quantitative estimate of drug-likeness (QED) is 0.550. The molecule has 0 saturated heterocycles. The molecule has 1 heterocycles. The summed E-state index contributed by atoms with van der Waals surface area (Å²) >= 11 is 0. The van der Waals surface area contributed by atoms with E-state index in [1.54, 1.807) is 11.0 Å². The van der Waals surface area contributed by atoms with Crippen LogP contribution in [-0.2, 0) is 11.3 Å². The van der Waals surface area contributed by atoms with E-state index in [0.29, 0.717) is 6.54 Å². The van der Waals surface area contributed by atoms with Gasteiger partial charge in [-0.25, -0.2) is 19.5 Å². The molecule has 1 aromatic heterocycles. The molecule has 0 spiro atoms. The summed E-state index contributed by atoms with van der Waals surface area (Å²) in [4.78, 5) is 17.5. The topological polar surface area (TPSA) is 60.1 Å². The Morgan fingerprint density at radius 1 is 1.40 bits per heavy atom. The molecule has 0 N–H and O–H groups in total. The fourth-order valence-corrected chi connectivity index (χ4v) is 1.32. The van der Waals surface area contributed by atoms with E-state index in [0.717, 1.165) is 11.3 Å². The van der Waals surface area contributed by atoms with Gasteiger partial charge < -0.3 is 0 Å². The molecule has 0 radical (unpaired) electrons. The lowest BCUT2D eigenvalue weighted by Crippen LogP contribution is -1.99. The van der Waals surface area contributed by atoms with E-state index < -0.39 is 0 Å². The highest BCUT2D eigenvalue weighted by atomic mass is 16.1. The molecule has 0 amide bonds. The highest BCUT2D eigenvalue weighted by Crippen LogP contribution is 2.13. The molecule has 0 atom stereocenters. The minimum Gasteiger partial charge on any atom is -0.223 e. The van der Waals surface area contributed by atoms with Crippen LogP contribution in [0.25, 0.3) is 5.69 Å². The Balaban J connectivity index is 2.42. The highest BCUT2D eigenvalue weighted by molar-refractivity contribution is 5.41. The third-order valence-corrected chi connectivity index (χ3v) is 1.97. The molecule has 0 saturated carbocycles. The average molecular weight is 200 g/mol. The summed E-state index contributed by atoms with van der Waals surface area (Å²) in [5, 5.41) is 4.02. The molecule has 2 rings (SSSR count). The molecule has 0 aliphatic heterocycles. The first-order valence-corrected chi connectivity index (χ1v) is 4.38. The number of carbonyl (C=O) groups excluding carboxylic acids is 1. The first kappa shape index (κ1) is 9.30. The minimum atomic E-state index is 0.305. The van der Waals surface area contributed by atoms with E-state index in [-0.39, 0.29) is 0 Å². The van der Waals surface area contributed by atoms with Gasteiger partial charge in [-0.15, -0.1) is 0 Å². The highest BCUT2D eigenvalue weighted by Gasteiger charge is 2.02. The molecule has 0 unspecified atom stereocenters. The van der Waals surface area contributed by atoms with Crippen molar-refractivity contribution in [3.05, 3.63) is 42.5 Å². The standard InChI is InChI=1S/C10H8N4O/c15-8-11-5-9-3-1-2-4-10(9)14-7-12-6-13-14/h1-4,6-7H,5H2. The molecule has 0 bridgehead atoms. The minimum absolute atomic E-state index is 0.305. The Kier molecular flexibility index (Phi) is 2.67. The van der Waals surface area contributed by atoms with Crippen molar-refractivity contribution in [2.45, 2.75) is 6.54 Å². The Hall–Kier alpha value is -2.26. The zero-order valence-electron chi connectivity index (χ0n) is 7.87. The number of hydrogen-bond acceptors (Lipinski definition) is 4. The van der Waals surface area contributed by atoms with Gasteiger partial charge in [0.15, 0.2) is 0 Å². The van der Waals surface area contributed by atoms with Crippen molar-refractivity contribution in [1.29, 1.82) is 0 Å². The maximum atomic E-state index is 10.0. The number of benzene rings is 1. The summed E-state index contributed by atoms with van der Waals surface area (Å²) in [6.07, 6.45) is 4.58. The number of isocyanates is 1. The van der Waals surface area contributed by atoms with Crippen molar-refractivity contribution in [1.82, 2.24) is 14.8 Å². The summed E-state index contributed by atoms with van der Waals surface area (Å²) in [7, 11) is 0. The van der Waals surface area contributed by atoms with E-state index in [2.05, 4.69) is 15.1 Å². The van der Waals surface area contributed by atoms with Gasteiger partial charge in [0.05, 0.1) is 12.2 Å². The van der Waals surface area contributed by atoms with Gasteiger partial charge in [-0.3, -0.25) is 0 Å². The van der Waals surface area contributed by atoms with Crippen LogP contribution in [0.4, 0.5) is 0 Å². The van der Waals surface area contributed by atoms with Crippen LogP contribution < -0.4 is 0 Å². The predicted molar refractivity (Wildman–Crippen MR) is 53.2 cm³/mol. The number of aliphatic imine (C=N–C) groups is 1. The predicted octanol–water partition coefficient (Wildman–Crippen LogP) is 1.10. The number of para-hydroxylation sites is 1. The zero-order valence-corrected chi connectivity index (χ0v) is 7.87. The summed E-state index contributed by atoms with van der Waals surface area (Å²) in [5.41, 5.74) is 1.78. The van der Waals surface area contributed by atoms with E-state index >= 15 is 0 Å². The van der Waals surface area contributed by atoms with Crippen LogP contribution >= 0.6 is 0 Å². The second-order valence-electron chi connectivity index (χ2n) is 2.88. The van der Waals surface area contributed by atoms with Crippen LogP contribution in [0, 0.1) is 0 Å². The van der Waals surface area contributed by atoms with E-state index in [1.807, 2.05) is 24.3 Å². The van der Waals surface area contributed by atoms with E-state index in [4.69, 9.17) is 0 Å². The lowest BCUT2D eigenvalue weighted by atomic mass is 10.2. The number of aromatic nitrogens is 3. The van der Waals surface area contributed by atoms with Crippen LogP contribution in [0.2, 0.25) is 0 Å². The van der Waals surface area contributed by atoms with Crippen molar-refractivity contribution < 1.29 is 4.79 Å². The lowest BCUT2D eigenvalue weighted by molar-refractivity contribution is 0.562. The normalized spacial score (nSPS) is 9.60. The van der Waals surface area contributed by atoms with Crippen LogP contribution in [-0.4, -0.2) is 20.8 Å². The summed E-state index contributed by atoms with van der Waals surface area (Å²) in [6, 6.07) is 7.56. The van der Waals surface area contributed by atoms with Crippen molar-refractivity contribution in [3.63, 3.8) is 0 Å². The van der Waals surface area contributed by atoms with Crippen molar-refractivity contribution >= 4 is 6.08 Å². The number of rotatable bonds is 3. The lowest BCUT2D eigenvalue weighted by Gasteiger charge is -2.05. The van der Waals surface area contributed by atoms with Crippen molar-refractivity contribution in [2.75, 3.05) is 0 Å². The second kappa shape index (κ2) is 4.30. The van der Waals surface area contributed by atoms with Gasteiger partial charge in [0, 0.05) is 5.56 Å². The molecule has 74 valence electrons. The van der Waals surface area contributed by atoms with Gasteiger partial charge in [0.2, 0.25) is 6.08 Å². The number of nitrogens with zero attached hydrogens (tertiary/aromatic N) is 4. The smallest absolute Gasteiger partial charge is 0.223 e. The second-order valence-corrected chi connectivity index (χ2v) is 2.88. The molecule has 15 heavy (non-hydrogen) atoms. The van der Waals surface area contributed by atoms with E-state index in [9.17, 15) is 4.79 Å². The van der Waals surface area contributed by atoms with Gasteiger partial charge in [-0.05, 0) is 6.07 Å². The van der Waals surface area contributed by atoms with Gasteiger partial charge in [0.1, 0.15) is 12.7 Å². The molecule has 5 heteroatoms. The summed E-state index contributed by atoms with van der Waals surface area (Å²) in [6.45, 7) is 0.305. The molecule has 5 nitrogen and oxygen atoms in total. The first-order chi connectivity index (χ1) is 7.42. The van der Waals surface area contributed by atoms with Crippen molar-refractivity contribution in [3.8, 4) is 5.69 Å². The Labute approximate surface area is 86.1 Å². The molecule has 0 aliphatic rings. The maximum absolute atomic E-state index is 10.0. The average Bonchev–Trinajstić information content (AvgIpc) is 2.80. The monoisotopic (exact) mass is 200 g/mol. The Morgan fingerprint density at radius 3 is 3.00 bits per heavy atom. The Bertz CT molecular complexity index is 486. The van der Waals surface area contributed by atoms with Gasteiger partial charge >= 0.3 is 0 Å². The van der Waals surface area contributed by atoms with Crippen molar-refractivity contribution in [2.24, 2.45) is 4.99 Å². The van der Waals surface area contributed by atoms with Crippen LogP contribution in [0.15, 0.2) is 41.9 Å². The SMILES string of the molecule is O=C=NCc1ccccc1-n1cncn1. The molecule has 2 aromatic rings. The largest absolute Gasteiger partial charge is 0.235 e. The van der Waals surface area contributed by atoms with Gasteiger partial charge in [-0.2, -0.15) is 5.10 Å². The molecular weight excluding hydrogens is 192 g/mol. The van der Waals surface area contributed by atoms with E-state index in [1.165, 1.54) is 12.4 Å². The first-order valence-electron chi connectivity index (χ1n) is 4.38. The molecule has 0 fully saturated rings. The van der Waals surface area contributed by atoms with Crippen LogP contribution in [0.5, 0.6) is 0 Å². The molecule has 0 aliphatic carbocycles. The third-order valence-electron chi connectivity index (χ3n) is 1.97. The summed E-state index contributed by atoms with van der Waals surface area (Å²) in [5.74, 6) is 0.